The van der Waals surface area contributed by atoms with E-state index in [1.807, 2.05) is 12.1 Å². The van der Waals surface area contributed by atoms with Crippen molar-refractivity contribution < 1.29 is 0 Å². The molecule has 1 aromatic heterocycles. The van der Waals surface area contributed by atoms with E-state index in [1.54, 1.807) is 0 Å². The zero-order valence-corrected chi connectivity index (χ0v) is 11.9. The third-order valence-electron chi connectivity index (χ3n) is 2.77. The molecule has 84 valence electrons. The number of halogens is 2. The second-order valence-corrected chi connectivity index (χ2v) is 5.28. The van der Waals surface area contributed by atoms with Crippen LogP contribution in [0.25, 0.3) is 5.69 Å². The Bertz CT molecular complexity index is 543. The van der Waals surface area contributed by atoms with Gasteiger partial charge in [-0.05, 0) is 66.5 Å². The van der Waals surface area contributed by atoms with Gasteiger partial charge in [-0.15, -0.1) is 0 Å². The molecule has 0 N–H and O–H groups in total. The molecular formula is C13H13BrClN. The first kappa shape index (κ1) is 11.7. The van der Waals surface area contributed by atoms with Crippen molar-refractivity contribution in [2.24, 2.45) is 0 Å². The van der Waals surface area contributed by atoms with Gasteiger partial charge in [-0.2, -0.15) is 0 Å². The molecule has 0 unspecified atom stereocenters. The van der Waals surface area contributed by atoms with Crippen LogP contribution in [0.15, 0.2) is 28.7 Å². The first-order valence-corrected chi connectivity index (χ1v) is 6.29. The largest absolute Gasteiger partial charge is 0.317 e. The van der Waals surface area contributed by atoms with Gasteiger partial charge in [0.25, 0.3) is 0 Å². The lowest BCUT2D eigenvalue weighted by Crippen LogP contribution is -2.01. The van der Waals surface area contributed by atoms with E-state index >= 15 is 0 Å². The Morgan fingerprint density at radius 3 is 2.31 bits per heavy atom. The van der Waals surface area contributed by atoms with Crippen LogP contribution in [0.4, 0.5) is 0 Å². The molecular weight excluding hydrogens is 286 g/mol. The van der Waals surface area contributed by atoms with Crippen molar-refractivity contribution in [1.82, 2.24) is 4.57 Å². The van der Waals surface area contributed by atoms with Crippen LogP contribution in [0.2, 0.25) is 5.02 Å². The maximum absolute atomic E-state index is 5.97. The highest BCUT2D eigenvalue weighted by atomic mass is 79.9. The number of aromatic nitrogens is 1. The Balaban J connectivity index is 2.67. The number of hydrogen-bond donors (Lipinski definition) is 0. The Morgan fingerprint density at radius 2 is 1.81 bits per heavy atom. The lowest BCUT2D eigenvalue weighted by Gasteiger charge is -2.12. The summed E-state index contributed by atoms with van der Waals surface area (Å²) in [5.74, 6) is 0. The first-order chi connectivity index (χ1) is 7.50. The maximum Gasteiger partial charge on any atom is 0.0485 e. The van der Waals surface area contributed by atoms with Gasteiger partial charge in [-0.1, -0.05) is 11.6 Å². The summed E-state index contributed by atoms with van der Waals surface area (Å²) in [6.45, 7) is 6.28. The molecule has 0 fully saturated rings. The van der Waals surface area contributed by atoms with Crippen LogP contribution < -0.4 is 0 Å². The van der Waals surface area contributed by atoms with Crippen molar-refractivity contribution in [2.45, 2.75) is 20.8 Å². The molecule has 0 aliphatic carbocycles. The lowest BCUT2D eigenvalue weighted by molar-refractivity contribution is 0.952. The van der Waals surface area contributed by atoms with Crippen molar-refractivity contribution in [3.63, 3.8) is 0 Å². The van der Waals surface area contributed by atoms with Gasteiger partial charge in [0.2, 0.25) is 0 Å². The topological polar surface area (TPSA) is 4.93 Å². The van der Waals surface area contributed by atoms with Crippen LogP contribution in [0.1, 0.15) is 17.0 Å². The fraction of sp³-hybridized carbons (Fsp3) is 0.231. The predicted molar refractivity (Wildman–Crippen MR) is 72.7 cm³/mol. The molecule has 0 aliphatic rings. The summed E-state index contributed by atoms with van der Waals surface area (Å²) in [7, 11) is 0. The van der Waals surface area contributed by atoms with Crippen molar-refractivity contribution in [3.8, 4) is 5.69 Å². The summed E-state index contributed by atoms with van der Waals surface area (Å²) in [5, 5.41) is 0.780. The van der Waals surface area contributed by atoms with Gasteiger partial charge < -0.3 is 4.57 Å². The normalized spacial score (nSPS) is 10.8. The Labute approximate surface area is 109 Å². The van der Waals surface area contributed by atoms with Crippen LogP contribution >= 0.6 is 27.5 Å². The van der Waals surface area contributed by atoms with E-state index in [9.17, 15) is 0 Å². The molecule has 2 rings (SSSR count). The third kappa shape index (κ3) is 1.92. The lowest BCUT2D eigenvalue weighted by atomic mass is 10.2. The van der Waals surface area contributed by atoms with E-state index in [1.165, 1.54) is 22.6 Å². The van der Waals surface area contributed by atoms with E-state index in [-0.39, 0.29) is 0 Å². The van der Waals surface area contributed by atoms with Crippen LogP contribution in [-0.4, -0.2) is 4.57 Å². The first-order valence-electron chi connectivity index (χ1n) is 5.11. The van der Waals surface area contributed by atoms with Gasteiger partial charge in [0.1, 0.15) is 0 Å². The molecule has 0 spiro atoms. The smallest absolute Gasteiger partial charge is 0.0485 e. The van der Waals surface area contributed by atoms with Crippen molar-refractivity contribution in [3.05, 3.63) is 50.7 Å². The van der Waals surface area contributed by atoms with Gasteiger partial charge in [0, 0.05) is 26.6 Å². The maximum atomic E-state index is 5.97. The zero-order chi connectivity index (χ0) is 11.9. The monoisotopic (exact) mass is 297 g/mol. The molecule has 16 heavy (non-hydrogen) atoms. The average Bonchev–Trinajstić information content (AvgIpc) is 2.43. The van der Waals surface area contributed by atoms with Gasteiger partial charge in [-0.25, -0.2) is 0 Å². The summed E-state index contributed by atoms with van der Waals surface area (Å²) >= 11 is 9.53. The molecule has 1 heterocycles. The van der Waals surface area contributed by atoms with Gasteiger partial charge >= 0.3 is 0 Å². The standard InChI is InChI=1S/C13H13BrClN/c1-8-6-11(15)4-5-13(8)16-9(2)7-12(14)10(16)3/h4-7H,1-3H3. The molecule has 0 saturated carbocycles. The molecule has 1 aromatic carbocycles. The average molecular weight is 299 g/mol. The summed E-state index contributed by atoms with van der Waals surface area (Å²) in [6.07, 6.45) is 0. The summed E-state index contributed by atoms with van der Waals surface area (Å²) in [4.78, 5) is 0. The highest BCUT2D eigenvalue weighted by Crippen LogP contribution is 2.27. The van der Waals surface area contributed by atoms with Gasteiger partial charge in [0.05, 0.1) is 0 Å². The van der Waals surface area contributed by atoms with Gasteiger partial charge in [-0.3, -0.25) is 0 Å². The molecule has 0 amide bonds. The van der Waals surface area contributed by atoms with Crippen molar-refractivity contribution in [2.75, 3.05) is 0 Å². The Morgan fingerprint density at radius 1 is 1.12 bits per heavy atom. The summed E-state index contributed by atoms with van der Waals surface area (Å²) < 4.78 is 3.37. The van der Waals surface area contributed by atoms with E-state index in [2.05, 4.69) is 53.4 Å². The summed E-state index contributed by atoms with van der Waals surface area (Å²) in [6, 6.07) is 8.10. The van der Waals surface area contributed by atoms with E-state index in [0.717, 1.165) is 9.50 Å². The van der Waals surface area contributed by atoms with E-state index in [0.29, 0.717) is 0 Å². The molecule has 0 atom stereocenters. The third-order valence-corrected chi connectivity index (χ3v) is 3.81. The van der Waals surface area contributed by atoms with Crippen molar-refractivity contribution >= 4 is 27.5 Å². The minimum Gasteiger partial charge on any atom is -0.317 e. The quantitative estimate of drug-likeness (QED) is 0.711. The van der Waals surface area contributed by atoms with Crippen LogP contribution in [-0.2, 0) is 0 Å². The fourth-order valence-corrected chi connectivity index (χ4v) is 2.70. The molecule has 0 radical (unpaired) electrons. The molecule has 0 aliphatic heterocycles. The van der Waals surface area contributed by atoms with E-state index in [4.69, 9.17) is 11.6 Å². The van der Waals surface area contributed by atoms with Crippen LogP contribution in [0, 0.1) is 20.8 Å². The Hall–Kier alpha value is -0.730. The fourth-order valence-electron chi connectivity index (χ4n) is 1.96. The molecule has 0 bridgehead atoms. The molecule has 3 heteroatoms. The Kier molecular flexibility index (Phi) is 3.13. The second kappa shape index (κ2) is 4.27. The number of nitrogens with zero attached hydrogens (tertiary/aromatic N) is 1. The van der Waals surface area contributed by atoms with E-state index < -0.39 is 0 Å². The minimum atomic E-state index is 0.780. The van der Waals surface area contributed by atoms with Crippen LogP contribution in [0.3, 0.4) is 0 Å². The summed E-state index contributed by atoms with van der Waals surface area (Å²) in [5.41, 5.74) is 4.80. The molecule has 1 nitrogen and oxygen atoms in total. The second-order valence-electron chi connectivity index (χ2n) is 3.99. The number of benzene rings is 1. The predicted octanol–water partition coefficient (Wildman–Crippen LogP) is 4.82. The van der Waals surface area contributed by atoms with Gasteiger partial charge in [0.15, 0.2) is 0 Å². The number of hydrogen-bond acceptors (Lipinski definition) is 0. The minimum absolute atomic E-state index is 0.780. The SMILES string of the molecule is Cc1cc(Cl)ccc1-n1c(C)cc(Br)c1C. The number of rotatable bonds is 1. The molecule has 2 aromatic rings. The zero-order valence-electron chi connectivity index (χ0n) is 9.51. The highest BCUT2D eigenvalue weighted by molar-refractivity contribution is 9.10. The number of aryl methyl sites for hydroxylation is 2. The molecule has 0 saturated heterocycles. The van der Waals surface area contributed by atoms with Crippen LogP contribution in [0.5, 0.6) is 0 Å². The van der Waals surface area contributed by atoms with Crippen molar-refractivity contribution in [1.29, 1.82) is 0 Å². The highest BCUT2D eigenvalue weighted by Gasteiger charge is 2.10.